The molecule has 0 bridgehead atoms. The van der Waals surface area contributed by atoms with Crippen LogP contribution in [0.2, 0.25) is 0 Å². The van der Waals surface area contributed by atoms with Gasteiger partial charge >= 0.3 is 6.03 Å². The smallest absolute Gasteiger partial charge is 0.286 e. The van der Waals surface area contributed by atoms with Gasteiger partial charge < -0.3 is 0 Å². The number of urea groups is 1. The molecule has 7 nitrogen and oxygen atoms in total. The number of carbonyl (C=O) groups is 1. The second-order valence-corrected chi connectivity index (χ2v) is 1.38. The van der Waals surface area contributed by atoms with E-state index in [9.17, 15) is 4.79 Å². The minimum Gasteiger partial charge on any atom is -0.286 e. The van der Waals surface area contributed by atoms with Crippen molar-refractivity contribution >= 4 is 6.03 Å². The first-order valence-corrected chi connectivity index (χ1v) is 2.72. The van der Waals surface area contributed by atoms with Gasteiger partial charge in [0.1, 0.15) is 0 Å². The molecular formula is C4H10N6O. The minimum atomic E-state index is -0.602. The average molecular weight is 158 g/mol. The second-order valence-electron chi connectivity index (χ2n) is 1.38. The molecule has 2 amide bonds. The fourth-order valence-corrected chi connectivity index (χ4v) is 0.257. The van der Waals surface area contributed by atoms with Crippen molar-refractivity contribution in [1.29, 1.82) is 0 Å². The van der Waals surface area contributed by atoms with E-state index in [0.717, 1.165) is 0 Å². The normalized spacial score (nSPS) is 7.45. The Labute approximate surface area is 63.1 Å². The van der Waals surface area contributed by atoms with E-state index in [-0.39, 0.29) is 0 Å². The summed E-state index contributed by atoms with van der Waals surface area (Å²) in [6, 6.07) is 1.23. The van der Waals surface area contributed by atoms with Crippen molar-refractivity contribution < 1.29 is 4.79 Å². The van der Waals surface area contributed by atoms with Crippen LogP contribution in [0.3, 0.4) is 0 Å². The third kappa shape index (κ3) is 6.28. The highest BCUT2D eigenvalue weighted by molar-refractivity contribution is 5.72. The van der Waals surface area contributed by atoms with Gasteiger partial charge in [-0.3, -0.25) is 16.0 Å². The Kier molecular flexibility index (Phi) is 5.57. The molecule has 0 atom stereocenters. The molecule has 11 heavy (non-hydrogen) atoms. The second kappa shape index (κ2) is 6.52. The van der Waals surface area contributed by atoms with E-state index in [4.69, 9.17) is 0 Å². The molecule has 0 unspecified atom stereocenters. The lowest BCUT2D eigenvalue weighted by molar-refractivity contribution is 0.241. The van der Waals surface area contributed by atoms with Gasteiger partial charge in [0.15, 0.2) is 0 Å². The van der Waals surface area contributed by atoms with Gasteiger partial charge in [0.25, 0.3) is 0 Å². The van der Waals surface area contributed by atoms with Crippen molar-refractivity contribution in [3.05, 3.63) is 18.5 Å². The molecular weight excluding hydrogens is 148 g/mol. The first kappa shape index (κ1) is 9.40. The summed E-state index contributed by atoms with van der Waals surface area (Å²) in [5.74, 6) is 9.08. The van der Waals surface area contributed by atoms with Gasteiger partial charge in [0.2, 0.25) is 0 Å². The van der Waals surface area contributed by atoms with E-state index in [1.54, 1.807) is 23.2 Å². The topological polar surface area (TPSA) is 122 Å². The minimum absolute atomic E-state index is 0.602. The van der Waals surface area contributed by atoms with Crippen LogP contribution in [0.25, 0.3) is 0 Å². The molecule has 0 saturated carbocycles. The van der Waals surface area contributed by atoms with E-state index < -0.39 is 6.03 Å². The van der Waals surface area contributed by atoms with E-state index >= 15 is 0 Å². The standard InChI is InChI=1S/C3H4N2.CH6N4O/c1-2-4-5-3-1;2-4-1(6)5-3/h1-3H,(H,4,5);2-3H2,(H2,4,5,6). The van der Waals surface area contributed by atoms with Crippen LogP contribution < -0.4 is 22.5 Å². The third-order valence-corrected chi connectivity index (χ3v) is 0.668. The van der Waals surface area contributed by atoms with E-state index in [1.807, 2.05) is 6.07 Å². The number of hydrogen-bond acceptors (Lipinski definition) is 4. The monoisotopic (exact) mass is 158 g/mol. The Bertz CT molecular complexity index is 149. The summed E-state index contributed by atoms with van der Waals surface area (Å²) in [5.41, 5.74) is 3.48. The molecule has 62 valence electrons. The van der Waals surface area contributed by atoms with Gasteiger partial charge in [0.05, 0.1) is 0 Å². The summed E-state index contributed by atoms with van der Waals surface area (Å²) in [4.78, 5) is 9.71. The largest absolute Gasteiger partial charge is 0.343 e. The highest BCUT2D eigenvalue weighted by Crippen LogP contribution is 1.64. The van der Waals surface area contributed by atoms with Gasteiger partial charge in [-0.2, -0.15) is 5.10 Å². The molecule has 0 aliphatic carbocycles. The molecule has 1 heterocycles. The number of hydrazine groups is 2. The first-order chi connectivity index (χ1) is 5.31. The van der Waals surface area contributed by atoms with Gasteiger partial charge in [-0.15, -0.1) is 0 Å². The van der Waals surface area contributed by atoms with Crippen molar-refractivity contribution in [2.24, 2.45) is 11.7 Å². The van der Waals surface area contributed by atoms with Crippen molar-refractivity contribution in [2.75, 3.05) is 0 Å². The van der Waals surface area contributed by atoms with Crippen molar-refractivity contribution in [1.82, 2.24) is 21.0 Å². The van der Waals surface area contributed by atoms with Crippen LogP contribution >= 0.6 is 0 Å². The SMILES string of the molecule is NNC(=O)NN.c1cn[nH]c1. The maximum Gasteiger partial charge on any atom is 0.343 e. The summed E-state index contributed by atoms with van der Waals surface area (Å²) in [5, 5.41) is 6.21. The molecule has 0 aliphatic rings. The van der Waals surface area contributed by atoms with Crippen molar-refractivity contribution in [3.8, 4) is 0 Å². The molecule has 0 saturated heterocycles. The number of H-pyrrole nitrogens is 1. The summed E-state index contributed by atoms with van der Waals surface area (Å²) in [6.45, 7) is 0. The number of aromatic nitrogens is 2. The molecule has 1 rings (SSSR count). The number of hydrogen-bond donors (Lipinski definition) is 5. The molecule has 7 N–H and O–H groups in total. The molecule has 1 aromatic heterocycles. The highest BCUT2D eigenvalue weighted by atomic mass is 16.2. The molecule has 0 fully saturated rings. The number of nitrogens with two attached hydrogens (primary N) is 2. The number of carbonyl (C=O) groups excluding carboxylic acids is 1. The Hall–Kier alpha value is -1.60. The maximum atomic E-state index is 9.71. The van der Waals surface area contributed by atoms with E-state index in [1.165, 1.54) is 0 Å². The fraction of sp³-hybridized carbons (Fsp3) is 0. The lowest BCUT2D eigenvalue weighted by Gasteiger charge is -1.90. The zero-order chi connectivity index (χ0) is 8.53. The van der Waals surface area contributed by atoms with Crippen LogP contribution in [-0.4, -0.2) is 16.2 Å². The van der Waals surface area contributed by atoms with E-state index in [2.05, 4.69) is 21.9 Å². The number of amides is 2. The van der Waals surface area contributed by atoms with E-state index in [0.29, 0.717) is 0 Å². The number of nitrogens with zero attached hydrogens (tertiary/aromatic N) is 1. The van der Waals surface area contributed by atoms with Crippen LogP contribution in [0.1, 0.15) is 0 Å². The predicted octanol–water partition coefficient (Wildman–Crippen LogP) is -1.56. The Morgan fingerprint density at radius 3 is 2.18 bits per heavy atom. The predicted molar refractivity (Wildman–Crippen MR) is 38.6 cm³/mol. The quantitative estimate of drug-likeness (QED) is 0.178. The van der Waals surface area contributed by atoms with Crippen LogP contribution in [0.15, 0.2) is 18.5 Å². The van der Waals surface area contributed by atoms with Crippen LogP contribution in [-0.2, 0) is 0 Å². The summed E-state index contributed by atoms with van der Waals surface area (Å²) >= 11 is 0. The molecule has 0 aromatic carbocycles. The highest BCUT2D eigenvalue weighted by Gasteiger charge is 1.83. The summed E-state index contributed by atoms with van der Waals surface area (Å²) < 4.78 is 0. The van der Waals surface area contributed by atoms with Gasteiger partial charge in [-0.25, -0.2) is 16.5 Å². The van der Waals surface area contributed by atoms with Crippen molar-refractivity contribution in [2.45, 2.75) is 0 Å². The first-order valence-electron chi connectivity index (χ1n) is 2.72. The van der Waals surface area contributed by atoms with Gasteiger partial charge in [-0.05, 0) is 6.07 Å². The lowest BCUT2D eigenvalue weighted by Crippen LogP contribution is -2.43. The fourth-order valence-electron chi connectivity index (χ4n) is 0.257. The zero-order valence-corrected chi connectivity index (χ0v) is 5.74. The third-order valence-electron chi connectivity index (χ3n) is 0.668. The molecule has 0 radical (unpaired) electrons. The van der Waals surface area contributed by atoms with Crippen LogP contribution in [0.5, 0.6) is 0 Å². The molecule has 0 aliphatic heterocycles. The van der Waals surface area contributed by atoms with Crippen LogP contribution in [0.4, 0.5) is 4.79 Å². The number of aromatic amines is 1. The molecule has 1 aromatic rings. The Balaban J connectivity index is 0.000000183. The molecule has 7 heteroatoms. The Morgan fingerprint density at radius 2 is 2.09 bits per heavy atom. The van der Waals surface area contributed by atoms with Gasteiger partial charge in [0, 0.05) is 12.4 Å². The zero-order valence-electron chi connectivity index (χ0n) is 5.74. The Morgan fingerprint density at radius 1 is 1.45 bits per heavy atom. The lowest BCUT2D eigenvalue weighted by atomic mass is 10.8. The molecule has 0 spiro atoms. The maximum absolute atomic E-state index is 9.71. The van der Waals surface area contributed by atoms with Crippen molar-refractivity contribution in [3.63, 3.8) is 0 Å². The summed E-state index contributed by atoms with van der Waals surface area (Å²) in [7, 11) is 0. The number of nitrogens with one attached hydrogen (secondary N) is 3. The number of rotatable bonds is 0. The summed E-state index contributed by atoms with van der Waals surface area (Å²) in [6.07, 6.45) is 3.46. The van der Waals surface area contributed by atoms with Gasteiger partial charge in [-0.1, -0.05) is 0 Å². The van der Waals surface area contributed by atoms with Crippen LogP contribution in [0, 0.1) is 0 Å². The average Bonchev–Trinajstić information content (AvgIpc) is 2.60.